The van der Waals surface area contributed by atoms with Gasteiger partial charge in [0.05, 0.1) is 0 Å². The summed E-state index contributed by atoms with van der Waals surface area (Å²) in [6.07, 6.45) is 11.9. The van der Waals surface area contributed by atoms with Gasteiger partial charge in [0.15, 0.2) is 0 Å². The molecule has 1 atom stereocenters. The monoisotopic (exact) mass is 324 g/mol. The maximum Gasteiger partial charge on any atom is 0.407 e. The summed E-state index contributed by atoms with van der Waals surface area (Å²) in [7, 11) is 0. The van der Waals surface area contributed by atoms with Crippen LogP contribution in [0.3, 0.4) is 0 Å². The average Bonchev–Trinajstić information content (AvgIpc) is 3.00. The normalized spacial score (nSPS) is 22.0. The fourth-order valence-corrected chi connectivity index (χ4v) is 3.98. The van der Waals surface area contributed by atoms with Crippen molar-refractivity contribution in [2.75, 3.05) is 13.1 Å². The molecule has 0 bridgehead atoms. The number of amides is 1. The minimum absolute atomic E-state index is 0.292. The molecule has 2 rings (SSSR count). The first-order valence-electron chi connectivity index (χ1n) is 9.64. The second-order valence-corrected chi connectivity index (χ2v) is 8.45. The highest BCUT2D eigenvalue weighted by Gasteiger charge is 2.27. The van der Waals surface area contributed by atoms with Gasteiger partial charge in [-0.1, -0.05) is 32.1 Å². The molecule has 0 radical (unpaired) electrons. The zero-order valence-corrected chi connectivity index (χ0v) is 15.3. The van der Waals surface area contributed by atoms with Crippen LogP contribution >= 0.6 is 0 Å². The highest BCUT2D eigenvalue weighted by Crippen LogP contribution is 2.28. The topological polar surface area (TPSA) is 50.4 Å². The number of carbonyl (C=O) groups is 1. The van der Waals surface area contributed by atoms with E-state index >= 15 is 0 Å². The Morgan fingerprint density at radius 2 is 1.65 bits per heavy atom. The Hall–Kier alpha value is -0.770. The van der Waals surface area contributed by atoms with Crippen molar-refractivity contribution in [2.24, 2.45) is 11.8 Å². The van der Waals surface area contributed by atoms with Crippen molar-refractivity contribution >= 4 is 6.09 Å². The van der Waals surface area contributed by atoms with Gasteiger partial charge in [0.2, 0.25) is 0 Å². The molecule has 134 valence electrons. The molecule has 0 spiro atoms. The SMILES string of the molecule is CC(C)(C)OC(=O)NCC(NCC1CCCCC1)C1CCCC1. The van der Waals surface area contributed by atoms with Gasteiger partial charge in [0, 0.05) is 12.6 Å². The van der Waals surface area contributed by atoms with Crippen LogP contribution in [-0.2, 0) is 4.74 Å². The van der Waals surface area contributed by atoms with E-state index in [0.717, 1.165) is 12.5 Å². The Morgan fingerprint density at radius 3 is 2.26 bits per heavy atom. The molecule has 4 heteroatoms. The summed E-state index contributed by atoms with van der Waals surface area (Å²) in [5, 5.41) is 6.76. The van der Waals surface area contributed by atoms with Crippen molar-refractivity contribution in [3.63, 3.8) is 0 Å². The second-order valence-electron chi connectivity index (χ2n) is 8.45. The molecule has 4 nitrogen and oxygen atoms in total. The first kappa shape index (κ1) is 18.6. The highest BCUT2D eigenvalue weighted by molar-refractivity contribution is 5.67. The van der Waals surface area contributed by atoms with Crippen molar-refractivity contribution < 1.29 is 9.53 Å². The zero-order valence-electron chi connectivity index (χ0n) is 15.3. The van der Waals surface area contributed by atoms with E-state index < -0.39 is 5.60 Å². The van der Waals surface area contributed by atoms with Gasteiger partial charge in [-0.15, -0.1) is 0 Å². The lowest BCUT2D eigenvalue weighted by Crippen LogP contribution is -2.47. The number of rotatable bonds is 6. The van der Waals surface area contributed by atoms with Crippen LogP contribution in [0.5, 0.6) is 0 Å². The summed E-state index contributed by atoms with van der Waals surface area (Å²) in [5.74, 6) is 1.53. The van der Waals surface area contributed by atoms with Crippen LogP contribution in [0.25, 0.3) is 0 Å². The van der Waals surface area contributed by atoms with Crippen molar-refractivity contribution in [1.29, 1.82) is 0 Å². The first-order chi connectivity index (χ1) is 10.9. The fourth-order valence-electron chi connectivity index (χ4n) is 3.98. The summed E-state index contributed by atoms with van der Waals surface area (Å²) < 4.78 is 5.37. The van der Waals surface area contributed by atoms with E-state index in [4.69, 9.17) is 4.74 Å². The number of hydrogen-bond acceptors (Lipinski definition) is 3. The fraction of sp³-hybridized carbons (Fsp3) is 0.947. The predicted molar refractivity (Wildman–Crippen MR) is 94.6 cm³/mol. The van der Waals surface area contributed by atoms with E-state index in [1.165, 1.54) is 57.8 Å². The van der Waals surface area contributed by atoms with E-state index in [1.807, 2.05) is 20.8 Å². The Kier molecular flexibility index (Phi) is 7.19. The zero-order chi connectivity index (χ0) is 16.7. The first-order valence-corrected chi connectivity index (χ1v) is 9.64. The van der Waals surface area contributed by atoms with Crippen LogP contribution in [0.2, 0.25) is 0 Å². The van der Waals surface area contributed by atoms with Crippen LogP contribution < -0.4 is 10.6 Å². The van der Waals surface area contributed by atoms with Crippen LogP contribution in [0.4, 0.5) is 4.79 Å². The van der Waals surface area contributed by atoms with Crippen LogP contribution in [0.15, 0.2) is 0 Å². The number of hydrogen-bond donors (Lipinski definition) is 2. The van der Waals surface area contributed by atoms with Gasteiger partial charge in [-0.05, 0) is 64.8 Å². The summed E-state index contributed by atoms with van der Waals surface area (Å²) in [5.41, 5.74) is -0.428. The molecule has 2 aliphatic rings. The van der Waals surface area contributed by atoms with Crippen LogP contribution in [-0.4, -0.2) is 30.8 Å². The second kappa shape index (κ2) is 8.91. The third kappa shape index (κ3) is 7.11. The molecule has 0 aromatic heterocycles. The van der Waals surface area contributed by atoms with Gasteiger partial charge in [0.25, 0.3) is 0 Å². The third-order valence-electron chi connectivity index (χ3n) is 5.23. The molecule has 23 heavy (non-hydrogen) atoms. The lowest BCUT2D eigenvalue weighted by molar-refractivity contribution is 0.0517. The molecule has 0 heterocycles. The molecule has 0 saturated heterocycles. The molecule has 2 N–H and O–H groups in total. The molecule has 2 fully saturated rings. The summed E-state index contributed by atoms with van der Waals surface area (Å²) in [4.78, 5) is 11.9. The minimum atomic E-state index is -0.428. The van der Waals surface area contributed by atoms with E-state index in [-0.39, 0.29) is 6.09 Å². The van der Waals surface area contributed by atoms with Gasteiger partial charge in [-0.25, -0.2) is 4.79 Å². The number of ether oxygens (including phenoxy) is 1. The standard InChI is InChI=1S/C19H36N2O2/c1-19(2,3)23-18(22)21-14-17(16-11-7-8-12-16)20-13-15-9-5-4-6-10-15/h15-17,20H,4-14H2,1-3H3,(H,21,22). The van der Waals surface area contributed by atoms with Gasteiger partial charge in [0.1, 0.15) is 5.60 Å². The molecule has 0 aromatic carbocycles. The Balaban J connectivity index is 1.78. The van der Waals surface area contributed by atoms with E-state index in [0.29, 0.717) is 18.5 Å². The molecule has 1 unspecified atom stereocenters. The molecule has 1 amide bonds. The van der Waals surface area contributed by atoms with Gasteiger partial charge in [-0.2, -0.15) is 0 Å². The number of nitrogens with one attached hydrogen (secondary N) is 2. The quantitative estimate of drug-likeness (QED) is 0.768. The largest absolute Gasteiger partial charge is 0.444 e. The Bertz CT molecular complexity index is 353. The van der Waals surface area contributed by atoms with E-state index in [1.54, 1.807) is 0 Å². The highest BCUT2D eigenvalue weighted by atomic mass is 16.6. The van der Waals surface area contributed by atoms with Gasteiger partial charge in [-0.3, -0.25) is 0 Å². The Morgan fingerprint density at radius 1 is 1.04 bits per heavy atom. The van der Waals surface area contributed by atoms with E-state index in [9.17, 15) is 4.79 Å². The van der Waals surface area contributed by atoms with Crippen LogP contribution in [0.1, 0.15) is 78.6 Å². The smallest absolute Gasteiger partial charge is 0.407 e. The molecule has 2 aliphatic carbocycles. The maximum atomic E-state index is 11.9. The van der Waals surface area contributed by atoms with Crippen molar-refractivity contribution in [1.82, 2.24) is 10.6 Å². The summed E-state index contributed by atoms with van der Waals surface area (Å²) in [6, 6.07) is 0.395. The maximum absolute atomic E-state index is 11.9. The summed E-state index contributed by atoms with van der Waals surface area (Å²) in [6.45, 7) is 7.51. The van der Waals surface area contributed by atoms with E-state index in [2.05, 4.69) is 10.6 Å². The number of carbonyl (C=O) groups excluding carboxylic acids is 1. The molecule has 2 saturated carbocycles. The number of alkyl carbamates (subject to hydrolysis) is 1. The van der Waals surface area contributed by atoms with Gasteiger partial charge >= 0.3 is 6.09 Å². The predicted octanol–water partition coefficient (Wildman–Crippen LogP) is 4.24. The molecule has 0 aromatic rings. The van der Waals surface area contributed by atoms with Crippen molar-refractivity contribution in [2.45, 2.75) is 90.2 Å². The lowest BCUT2D eigenvalue weighted by atomic mass is 9.88. The average molecular weight is 325 g/mol. The van der Waals surface area contributed by atoms with Crippen molar-refractivity contribution in [3.05, 3.63) is 0 Å². The molecular weight excluding hydrogens is 288 g/mol. The summed E-state index contributed by atoms with van der Waals surface area (Å²) >= 11 is 0. The lowest BCUT2D eigenvalue weighted by Gasteiger charge is -2.29. The van der Waals surface area contributed by atoms with Crippen molar-refractivity contribution in [3.8, 4) is 0 Å². The third-order valence-corrected chi connectivity index (χ3v) is 5.23. The minimum Gasteiger partial charge on any atom is -0.444 e. The van der Waals surface area contributed by atoms with Crippen LogP contribution in [0, 0.1) is 11.8 Å². The molecule has 0 aliphatic heterocycles. The Labute approximate surface area is 142 Å². The molecular formula is C19H36N2O2. The van der Waals surface area contributed by atoms with Gasteiger partial charge < -0.3 is 15.4 Å².